The fourth-order valence-corrected chi connectivity index (χ4v) is 3.81. The third-order valence-corrected chi connectivity index (χ3v) is 5.63. The van der Waals surface area contributed by atoms with Gasteiger partial charge in [0.05, 0.1) is 6.54 Å². The van der Waals surface area contributed by atoms with Gasteiger partial charge in [-0.15, -0.1) is 24.0 Å². The standard InChI is InChI=1S/C25H33N5O2.HI/c1-2-26-25(29-21-13-14-30(17-21)22-8-4-3-5-9-22)27-16-19-7-6-10-23(15-19)32-18-24(31)28-20-11-12-20;/h3-10,15,20-21H,2,11-14,16-18H2,1H3,(H,28,31)(H2,26,27,29);1H. The quantitative estimate of drug-likeness (QED) is 0.248. The summed E-state index contributed by atoms with van der Waals surface area (Å²) in [5.74, 6) is 1.45. The van der Waals surface area contributed by atoms with E-state index in [1.807, 2.05) is 30.3 Å². The fourth-order valence-electron chi connectivity index (χ4n) is 3.81. The van der Waals surface area contributed by atoms with Crippen LogP contribution in [0.2, 0.25) is 0 Å². The number of hydrogen-bond donors (Lipinski definition) is 3. The summed E-state index contributed by atoms with van der Waals surface area (Å²) in [6.07, 6.45) is 3.23. The monoisotopic (exact) mass is 563 g/mol. The number of benzene rings is 2. The second kappa shape index (κ2) is 12.7. The Morgan fingerprint density at radius 1 is 1.06 bits per heavy atom. The Bertz CT molecular complexity index is 920. The van der Waals surface area contributed by atoms with Gasteiger partial charge < -0.3 is 25.6 Å². The van der Waals surface area contributed by atoms with Crippen molar-refractivity contribution >= 4 is 41.5 Å². The molecule has 0 bridgehead atoms. The van der Waals surface area contributed by atoms with Crippen molar-refractivity contribution in [3.05, 3.63) is 60.2 Å². The van der Waals surface area contributed by atoms with Crippen molar-refractivity contribution in [2.24, 2.45) is 4.99 Å². The second-order valence-corrected chi connectivity index (χ2v) is 8.38. The van der Waals surface area contributed by atoms with Gasteiger partial charge in [0, 0.05) is 37.4 Å². The summed E-state index contributed by atoms with van der Waals surface area (Å²) in [4.78, 5) is 19.0. The molecule has 7 nitrogen and oxygen atoms in total. The van der Waals surface area contributed by atoms with E-state index in [4.69, 9.17) is 9.73 Å². The molecule has 2 aliphatic rings. The lowest BCUT2D eigenvalue weighted by Crippen LogP contribution is -2.44. The van der Waals surface area contributed by atoms with Gasteiger partial charge in [-0.05, 0) is 56.0 Å². The van der Waals surface area contributed by atoms with Gasteiger partial charge in [0.2, 0.25) is 0 Å². The number of amides is 1. The number of rotatable bonds is 9. The van der Waals surface area contributed by atoms with E-state index in [1.165, 1.54) is 5.69 Å². The highest BCUT2D eigenvalue weighted by Crippen LogP contribution is 2.20. The number of nitrogens with one attached hydrogen (secondary N) is 3. The summed E-state index contributed by atoms with van der Waals surface area (Å²) in [6.45, 7) is 5.46. The summed E-state index contributed by atoms with van der Waals surface area (Å²) in [7, 11) is 0. The first-order valence-electron chi connectivity index (χ1n) is 11.6. The van der Waals surface area contributed by atoms with E-state index in [1.54, 1.807) is 0 Å². The van der Waals surface area contributed by atoms with E-state index in [0.29, 0.717) is 24.4 Å². The molecule has 1 amide bonds. The van der Waals surface area contributed by atoms with Gasteiger partial charge in [-0.25, -0.2) is 4.99 Å². The molecule has 1 unspecified atom stereocenters. The predicted octanol–water partition coefficient (Wildman–Crippen LogP) is 3.30. The lowest BCUT2D eigenvalue weighted by Gasteiger charge is -2.20. The highest BCUT2D eigenvalue weighted by molar-refractivity contribution is 14.0. The van der Waals surface area contributed by atoms with Gasteiger partial charge in [0.25, 0.3) is 5.91 Å². The number of hydrogen-bond acceptors (Lipinski definition) is 4. The molecule has 4 rings (SSSR count). The van der Waals surface area contributed by atoms with Crippen LogP contribution in [0.3, 0.4) is 0 Å². The van der Waals surface area contributed by atoms with Crippen molar-refractivity contribution in [2.75, 3.05) is 31.1 Å². The predicted molar refractivity (Wildman–Crippen MR) is 144 cm³/mol. The fraction of sp³-hybridized carbons (Fsp3) is 0.440. The van der Waals surface area contributed by atoms with Gasteiger partial charge in [0.15, 0.2) is 12.6 Å². The van der Waals surface area contributed by atoms with Gasteiger partial charge in [0.1, 0.15) is 5.75 Å². The zero-order valence-corrected chi connectivity index (χ0v) is 21.5. The molecule has 0 aromatic heterocycles. The minimum atomic E-state index is -0.0596. The number of halogens is 1. The first kappa shape index (κ1) is 25.1. The maximum absolute atomic E-state index is 11.8. The summed E-state index contributed by atoms with van der Waals surface area (Å²) in [5.41, 5.74) is 2.31. The molecule has 0 radical (unpaired) electrons. The Hall–Kier alpha value is -2.49. The molecule has 0 spiro atoms. The number of ether oxygens (including phenoxy) is 1. The SMILES string of the molecule is CCNC(=NCc1cccc(OCC(=O)NC2CC2)c1)NC1CCN(c2ccccc2)C1.I. The molecule has 1 heterocycles. The third kappa shape index (κ3) is 8.10. The Labute approximate surface area is 213 Å². The van der Waals surface area contributed by atoms with Gasteiger partial charge in [-0.2, -0.15) is 0 Å². The first-order valence-corrected chi connectivity index (χ1v) is 11.6. The van der Waals surface area contributed by atoms with Gasteiger partial charge in [-0.1, -0.05) is 30.3 Å². The zero-order chi connectivity index (χ0) is 22.2. The topological polar surface area (TPSA) is 78.0 Å². The number of carbonyl (C=O) groups is 1. The van der Waals surface area contributed by atoms with E-state index >= 15 is 0 Å². The normalized spacial score (nSPS) is 17.8. The van der Waals surface area contributed by atoms with Crippen LogP contribution in [0.1, 0.15) is 31.7 Å². The molecule has 1 atom stereocenters. The number of nitrogens with zero attached hydrogens (tertiary/aromatic N) is 2. The highest BCUT2D eigenvalue weighted by Gasteiger charge is 2.24. The van der Waals surface area contributed by atoms with Crippen LogP contribution in [-0.2, 0) is 11.3 Å². The molecule has 2 aromatic rings. The van der Waals surface area contributed by atoms with Crippen LogP contribution < -0.4 is 25.6 Å². The summed E-state index contributed by atoms with van der Waals surface area (Å²) in [5, 5.41) is 9.86. The number of carbonyl (C=O) groups excluding carboxylic acids is 1. The van der Waals surface area contributed by atoms with E-state index in [-0.39, 0.29) is 36.5 Å². The average Bonchev–Trinajstić information content (AvgIpc) is 3.51. The van der Waals surface area contributed by atoms with E-state index in [0.717, 1.165) is 50.4 Å². The smallest absolute Gasteiger partial charge is 0.258 e. The number of anilines is 1. The summed E-state index contributed by atoms with van der Waals surface area (Å²) in [6, 6.07) is 19.0. The molecule has 1 aliphatic carbocycles. The Balaban J connectivity index is 0.00000306. The van der Waals surface area contributed by atoms with E-state index < -0.39 is 0 Å². The molecule has 1 saturated carbocycles. The van der Waals surface area contributed by atoms with Crippen LogP contribution in [0.4, 0.5) is 5.69 Å². The van der Waals surface area contributed by atoms with Crippen molar-refractivity contribution in [1.82, 2.24) is 16.0 Å². The minimum Gasteiger partial charge on any atom is -0.484 e. The van der Waals surface area contributed by atoms with Crippen LogP contribution in [0.15, 0.2) is 59.6 Å². The largest absolute Gasteiger partial charge is 0.484 e. The van der Waals surface area contributed by atoms with Crippen molar-refractivity contribution in [3.63, 3.8) is 0 Å². The first-order chi connectivity index (χ1) is 15.7. The minimum absolute atomic E-state index is 0. The summed E-state index contributed by atoms with van der Waals surface area (Å²) >= 11 is 0. The third-order valence-electron chi connectivity index (χ3n) is 5.63. The second-order valence-electron chi connectivity index (χ2n) is 8.38. The molecule has 3 N–H and O–H groups in total. The van der Waals surface area contributed by atoms with Crippen molar-refractivity contribution < 1.29 is 9.53 Å². The van der Waals surface area contributed by atoms with Crippen molar-refractivity contribution in [2.45, 2.75) is 44.8 Å². The number of guanidine groups is 1. The summed E-state index contributed by atoms with van der Waals surface area (Å²) < 4.78 is 5.66. The van der Waals surface area contributed by atoms with Crippen LogP contribution >= 0.6 is 24.0 Å². The van der Waals surface area contributed by atoms with Crippen molar-refractivity contribution in [3.8, 4) is 5.75 Å². The molecule has 2 aromatic carbocycles. The zero-order valence-electron chi connectivity index (χ0n) is 19.1. The average molecular weight is 563 g/mol. The van der Waals surface area contributed by atoms with E-state index in [2.05, 4.69) is 52.0 Å². The molecule has 1 saturated heterocycles. The van der Waals surface area contributed by atoms with Gasteiger partial charge in [-0.3, -0.25) is 4.79 Å². The molecule has 2 fully saturated rings. The Kier molecular flexibility index (Phi) is 9.65. The Morgan fingerprint density at radius 2 is 1.88 bits per heavy atom. The molecular weight excluding hydrogens is 529 g/mol. The van der Waals surface area contributed by atoms with Crippen LogP contribution in [0.25, 0.3) is 0 Å². The lowest BCUT2D eigenvalue weighted by atomic mass is 10.2. The van der Waals surface area contributed by atoms with Crippen LogP contribution in [0, 0.1) is 0 Å². The number of aliphatic imine (C=N–C) groups is 1. The number of para-hydroxylation sites is 1. The van der Waals surface area contributed by atoms with E-state index in [9.17, 15) is 4.79 Å². The van der Waals surface area contributed by atoms with Crippen LogP contribution in [-0.4, -0.2) is 50.2 Å². The highest BCUT2D eigenvalue weighted by atomic mass is 127. The molecular formula is C25H34IN5O2. The lowest BCUT2D eigenvalue weighted by molar-refractivity contribution is -0.123. The van der Waals surface area contributed by atoms with Gasteiger partial charge >= 0.3 is 0 Å². The maximum Gasteiger partial charge on any atom is 0.258 e. The molecule has 8 heteroatoms. The molecule has 33 heavy (non-hydrogen) atoms. The molecule has 1 aliphatic heterocycles. The van der Waals surface area contributed by atoms with Crippen molar-refractivity contribution in [1.29, 1.82) is 0 Å². The maximum atomic E-state index is 11.8. The van der Waals surface area contributed by atoms with Crippen LogP contribution in [0.5, 0.6) is 5.75 Å². The Morgan fingerprint density at radius 3 is 2.64 bits per heavy atom. The molecule has 178 valence electrons.